The van der Waals surface area contributed by atoms with Gasteiger partial charge in [0.1, 0.15) is 0 Å². The number of hydrogen-bond acceptors (Lipinski definition) is 1. The van der Waals surface area contributed by atoms with E-state index < -0.39 is 7.26 Å². The first-order valence-electron chi connectivity index (χ1n) is 6.53. The summed E-state index contributed by atoms with van der Waals surface area (Å²) in [6.45, 7) is 7.12. The summed E-state index contributed by atoms with van der Waals surface area (Å²) < 4.78 is 0. The maximum absolute atomic E-state index is 3.39. The maximum Gasteiger partial charge on any atom is 0.0982 e. The van der Waals surface area contributed by atoms with Gasteiger partial charge in [-0.3, -0.25) is 0 Å². The second-order valence-electron chi connectivity index (χ2n) is 5.37. The fourth-order valence-electron chi connectivity index (χ4n) is 2.59. The van der Waals surface area contributed by atoms with Crippen molar-refractivity contribution in [2.75, 3.05) is 20.4 Å². The van der Waals surface area contributed by atoms with E-state index in [9.17, 15) is 0 Å². The van der Waals surface area contributed by atoms with Crippen LogP contribution < -0.4 is 10.6 Å². The van der Waals surface area contributed by atoms with Crippen molar-refractivity contribution in [1.82, 2.24) is 5.32 Å². The summed E-state index contributed by atoms with van der Waals surface area (Å²) in [6, 6.07) is 11.4. The highest BCUT2D eigenvalue weighted by Crippen LogP contribution is 2.62. The van der Waals surface area contributed by atoms with E-state index in [1.165, 1.54) is 5.30 Å². The third-order valence-electron chi connectivity index (χ3n) is 3.97. The standard InChI is InChI=1S/C16H23NP/c1-13(17-2)15-11-8-12-16(15)18(3,4)14-9-6-5-7-10-14/h5-13,15,17H,1-4H3/q+1/t13-,15+/m1/s1. The van der Waals surface area contributed by atoms with Crippen molar-refractivity contribution in [2.45, 2.75) is 13.0 Å². The average molecular weight is 260 g/mol. The molecule has 0 fully saturated rings. The Bertz CT molecular complexity index is 459. The minimum atomic E-state index is -1.21. The molecular formula is C16H23NP+. The van der Waals surface area contributed by atoms with E-state index in [0.29, 0.717) is 12.0 Å². The summed E-state index contributed by atoms with van der Waals surface area (Å²) in [5, 5.41) is 6.49. The van der Waals surface area contributed by atoms with Gasteiger partial charge in [0.15, 0.2) is 0 Å². The summed E-state index contributed by atoms with van der Waals surface area (Å²) in [5.41, 5.74) is 0. The van der Waals surface area contributed by atoms with Crippen molar-refractivity contribution in [2.24, 2.45) is 5.92 Å². The molecule has 1 aliphatic carbocycles. The van der Waals surface area contributed by atoms with Crippen LogP contribution in [0.2, 0.25) is 0 Å². The van der Waals surface area contributed by atoms with Crippen molar-refractivity contribution in [3.63, 3.8) is 0 Å². The van der Waals surface area contributed by atoms with Crippen LogP contribution in [0.25, 0.3) is 0 Å². The predicted octanol–water partition coefficient (Wildman–Crippen LogP) is 3.27. The Balaban J connectivity index is 2.31. The third kappa shape index (κ3) is 2.43. The Morgan fingerprint density at radius 2 is 1.83 bits per heavy atom. The quantitative estimate of drug-likeness (QED) is 0.819. The largest absolute Gasteiger partial charge is 0.316 e. The van der Waals surface area contributed by atoms with Gasteiger partial charge in [-0.1, -0.05) is 30.4 Å². The van der Waals surface area contributed by atoms with E-state index in [0.717, 1.165) is 0 Å². The monoisotopic (exact) mass is 260 g/mol. The number of hydrogen-bond donors (Lipinski definition) is 1. The van der Waals surface area contributed by atoms with Crippen molar-refractivity contribution in [1.29, 1.82) is 0 Å². The average Bonchev–Trinajstić information content (AvgIpc) is 2.89. The summed E-state index contributed by atoms with van der Waals surface area (Å²) in [7, 11) is 0.837. The molecule has 1 N–H and O–H groups in total. The molecule has 0 aliphatic heterocycles. The Labute approximate surface area is 111 Å². The SMILES string of the molecule is CN[C@H](C)[C@@H]1C=CC=C1[P+](C)(C)c1ccccc1. The first-order valence-corrected chi connectivity index (χ1v) is 9.21. The van der Waals surface area contributed by atoms with E-state index >= 15 is 0 Å². The molecule has 1 nitrogen and oxygen atoms in total. The molecule has 0 heterocycles. The van der Waals surface area contributed by atoms with Gasteiger partial charge in [0, 0.05) is 6.04 Å². The molecular weight excluding hydrogens is 237 g/mol. The van der Waals surface area contributed by atoms with Crippen LogP contribution in [0.4, 0.5) is 0 Å². The fourth-order valence-corrected chi connectivity index (χ4v) is 5.32. The predicted molar refractivity (Wildman–Crippen MR) is 84.1 cm³/mol. The van der Waals surface area contributed by atoms with E-state index in [2.05, 4.69) is 74.1 Å². The van der Waals surface area contributed by atoms with Crippen LogP contribution in [-0.2, 0) is 0 Å². The molecule has 2 atom stereocenters. The molecule has 0 spiro atoms. The molecule has 1 aromatic carbocycles. The van der Waals surface area contributed by atoms with E-state index in [1.807, 2.05) is 7.05 Å². The lowest BCUT2D eigenvalue weighted by Crippen LogP contribution is -2.31. The zero-order valence-corrected chi connectivity index (χ0v) is 12.6. The number of rotatable bonds is 4. The lowest BCUT2D eigenvalue weighted by molar-refractivity contribution is 0.533. The molecule has 0 bridgehead atoms. The van der Waals surface area contributed by atoms with Gasteiger partial charge in [-0.05, 0) is 32.2 Å². The zero-order valence-electron chi connectivity index (χ0n) is 11.7. The Morgan fingerprint density at radius 3 is 2.44 bits per heavy atom. The first-order chi connectivity index (χ1) is 8.57. The molecule has 0 unspecified atom stereocenters. The van der Waals surface area contributed by atoms with E-state index in [1.54, 1.807) is 5.31 Å². The van der Waals surface area contributed by atoms with E-state index in [-0.39, 0.29) is 0 Å². The van der Waals surface area contributed by atoms with Crippen LogP contribution in [0.1, 0.15) is 6.92 Å². The van der Waals surface area contributed by atoms with Gasteiger partial charge < -0.3 is 5.32 Å². The second-order valence-corrected chi connectivity index (χ2v) is 9.31. The number of nitrogens with one attached hydrogen (secondary N) is 1. The number of benzene rings is 1. The molecule has 18 heavy (non-hydrogen) atoms. The van der Waals surface area contributed by atoms with E-state index in [4.69, 9.17) is 0 Å². The van der Waals surface area contributed by atoms with Crippen molar-refractivity contribution < 1.29 is 0 Å². The van der Waals surface area contributed by atoms with Gasteiger partial charge in [-0.15, -0.1) is 0 Å². The molecule has 0 amide bonds. The molecule has 0 saturated heterocycles. The van der Waals surface area contributed by atoms with Gasteiger partial charge in [0.2, 0.25) is 0 Å². The lowest BCUT2D eigenvalue weighted by atomic mass is 10.0. The highest BCUT2D eigenvalue weighted by Gasteiger charge is 2.40. The molecule has 2 rings (SSSR count). The van der Waals surface area contributed by atoms with Crippen LogP contribution >= 0.6 is 7.26 Å². The molecule has 0 aromatic heterocycles. The molecule has 0 radical (unpaired) electrons. The fraction of sp³-hybridized carbons (Fsp3) is 0.375. The maximum atomic E-state index is 3.39. The van der Waals surface area contributed by atoms with Gasteiger partial charge in [0.25, 0.3) is 0 Å². The van der Waals surface area contributed by atoms with Gasteiger partial charge in [-0.25, -0.2) is 0 Å². The molecule has 1 aromatic rings. The highest BCUT2D eigenvalue weighted by atomic mass is 31.2. The third-order valence-corrected chi connectivity index (χ3v) is 7.30. The van der Waals surface area contributed by atoms with Crippen LogP contribution in [-0.4, -0.2) is 26.4 Å². The smallest absolute Gasteiger partial charge is 0.0982 e. The summed E-state index contributed by atoms with van der Waals surface area (Å²) in [5.74, 6) is 0.540. The van der Waals surface area contributed by atoms with Crippen LogP contribution in [0.5, 0.6) is 0 Å². The summed E-state index contributed by atoms with van der Waals surface area (Å²) >= 11 is 0. The topological polar surface area (TPSA) is 12.0 Å². The Morgan fingerprint density at radius 1 is 1.17 bits per heavy atom. The molecule has 0 saturated carbocycles. The Hall–Kier alpha value is -0.910. The summed E-state index contributed by atoms with van der Waals surface area (Å²) in [6.07, 6.45) is 6.89. The Kier molecular flexibility index (Phi) is 4.04. The minimum absolute atomic E-state index is 0.498. The lowest BCUT2D eigenvalue weighted by Gasteiger charge is -2.27. The normalized spacial score (nSPS) is 20.9. The minimum Gasteiger partial charge on any atom is -0.316 e. The van der Waals surface area contributed by atoms with Gasteiger partial charge in [-0.2, -0.15) is 0 Å². The second kappa shape index (κ2) is 5.38. The van der Waals surface area contributed by atoms with Crippen LogP contribution in [0.3, 0.4) is 0 Å². The molecule has 1 aliphatic rings. The summed E-state index contributed by atoms with van der Waals surface area (Å²) in [4.78, 5) is 0. The number of allylic oxidation sites excluding steroid dienone is 2. The van der Waals surface area contributed by atoms with Gasteiger partial charge in [0.05, 0.1) is 37.1 Å². The highest BCUT2D eigenvalue weighted by molar-refractivity contribution is 7.85. The van der Waals surface area contributed by atoms with Crippen LogP contribution in [0.15, 0.2) is 53.9 Å². The first kappa shape index (κ1) is 13.5. The van der Waals surface area contributed by atoms with Crippen molar-refractivity contribution in [3.8, 4) is 0 Å². The molecule has 2 heteroatoms. The van der Waals surface area contributed by atoms with Crippen molar-refractivity contribution in [3.05, 3.63) is 53.9 Å². The molecule has 96 valence electrons. The van der Waals surface area contributed by atoms with Crippen LogP contribution in [0, 0.1) is 5.92 Å². The van der Waals surface area contributed by atoms with Crippen molar-refractivity contribution >= 4 is 12.6 Å². The zero-order chi connectivity index (χ0) is 13.2. The van der Waals surface area contributed by atoms with Gasteiger partial charge >= 0.3 is 0 Å².